The van der Waals surface area contributed by atoms with Crippen LogP contribution in [0.3, 0.4) is 0 Å². The van der Waals surface area contributed by atoms with Crippen LogP contribution in [0.5, 0.6) is 0 Å². The Morgan fingerprint density at radius 2 is 1.94 bits per heavy atom. The highest BCUT2D eigenvalue weighted by Crippen LogP contribution is 2.34. The SMILES string of the molecule is Cc1nc(N[C@H](C)c2cc(N)cc(C(F)(F)F)c2)c2cc(C(=O)O)c3ncnn3c2n1. The number of hydrogen-bond acceptors (Lipinski definition) is 7. The first-order chi connectivity index (χ1) is 14.5. The summed E-state index contributed by atoms with van der Waals surface area (Å²) in [6, 6.07) is 4.02. The molecule has 0 saturated carbocycles. The van der Waals surface area contributed by atoms with Crippen molar-refractivity contribution in [3.8, 4) is 0 Å². The molecular weight excluding hydrogens is 415 g/mol. The second-order valence-electron chi connectivity index (χ2n) is 6.97. The van der Waals surface area contributed by atoms with Crippen molar-refractivity contribution in [1.29, 1.82) is 0 Å². The molecule has 0 aliphatic heterocycles. The molecule has 1 aromatic carbocycles. The maximum absolute atomic E-state index is 13.2. The molecule has 1 atom stereocenters. The number of fused-ring (bicyclic) bond motifs is 3. The van der Waals surface area contributed by atoms with E-state index in [0.29, 0.717) is 16.9 Å². The molecule has 0 fully saturated rings. The van der Waals surface area contributed by atoms with Crippen LogP contribution < -0.4 is 11.1 Å². The summed E-state index contributed by atoms with van der Waals surface area (Å²) in [5, 5.41) is 17.0. The number of aromatic carboxylic acids is 1. The van der Waals surface area contributed by atoms with Gasteiger partial charge in [0.15, 0.2) is 11.3 Å². The van der Waals surface area contributed by atoms with E-state index < -0.39 is 23.8 Å². The predicted octanol–water partition coefficient (Wildman–Crippen LogP) is 3.45. The van der Waals surface area contributed by atoms with Gasteiger partial charge < -0.3 is 16.2 Å². The molecule has 0 aliphatic carbocycles. The van der Waals surface area contributed by atoms with E-state index >= 15 is 0 Å². The molecule has 0 radical (unpaired) electrons. The number of nitrogens with zero attached hydrogens (tertiary/aromatic N) is 5. The monoisotopic (exact) mass is 431 g/mol. The third kappa shape index (κ3) is 3.67. The Kier molecular flexibility index (Phi) is 4.64. The third-order valence-electron chi connectivity index (χ3n) is 4.70. The van der Waals surface area contributed by atoms with Crippen LogP contribution in [-0.4, -0.2) is 35.6 Å². The molecule has 0 aliphatic rings. The van der Waals surface area contributed by atoms with Crippen LogP contribution in [0.15, 0.2) is 30.6 Å². The zero-order valence-corrected chi connectivity index (χ0v) is 16.3. The number of carboxylic acid groups (broad SMARTS) is 1. The molecule has 4 rings (SSSR count). The Morgan fingerprint density at radius 1 is 1.19 bits per heavy atom. The molecule has 3 heterocycles. The van der Waals surface area contributed by atoms with Crippen molar-refractivity contribution in [3.63, 3.8) is 0 Å². The Balaban J connectivity index is 1.84. The van der Waals surface area contributed by atoms with E-state index in [2.05, 4.69) is 25.4 Å². The van der Waals surface area contributed by atoms with Crippen LogP contribution in [0.4, 0.5) is 24.7 Å². The van der Waals surface area contributed by atoms with Crippen LogP contribution in [0.2, 0.25) is 0 Å². The van der Waals surface area contributed by atoms with Crippen molar-refractivity contribution in [2.45, 2.75) is 26.1 Å². The van der Waals surface area contributed by atoms with E-state index in [0.717, 1.165) is 12.1 Å². The predicted molar refractivity (Wildman–Crippen MR) is 106 cm³/mol. The maximum Gasteiger partial charge on any atom is 0.416 e. The van der Waals surface area contributed by atoms with Gasteiger partial charge in [0.25, 0.3) is 0 Å². The molecule has 12 heteroatoms. The van der Waals surface area contributed by atoms with Gasteiger partial charge in [0, 0.05) is 5.69 Å². The van der Waals surface area contributed by atoms with Crippen LogP contribution in [0.25, 0.3) is 16.7 Å². The van der Waals surface area contributed by atoms with Gasteiger partial charge in [-0.3, -0.25) is 0 Å². The van der Waals surface area contributed by atoms with E-state index in [4.69, 9.17) is 5.73 Å². The number of benzene rings is 1. The molecule has 4 N–H and O–H groups in total. The average molecular weight is 431 g/mol. The van der Waals surface area contributed by atoms with Crippen LogP contribution in [0.1, 0.15) is 40.3 Å². The van der Waals surface area contributed by atoms with Gasteiger partial charge in [-0.05, 0) is 43.7 Å². The Hall–Kier alpha value is -3.96. The fourth-order valence-electron chi connectivity index (χ4n) is 3.30. The van der Waals surface area contributed by atoms with E-state index in [1.165, 1.54) is 23.0 Å². The molecule has 0 saturated heterocycles. The first kappa shape index (κ1) is 20.3. The third-order valence-corrected chi connectivity index (χ3v) is 4.70. The number of pyridine rings is 1. The summed E-state index contributed by atoms with van der Waals surface area (Å²) in [5.41, 5.74) is 5.37. The van der Waals surface area contributed by atoms with Gasteiger partial charge >= 0.3 is 12.1 Å². The van der Waals surface area contributed by atoms with Crippen LogP contribution in [-0.2, 0) is 6.18 Å². The number of nitrogen functional groups attached to an aromatic ring is 1. The van der Waals surface area contributed by atoms with Crippen molar-refractivity contribution in [2.75, 3.05) is 11.1 Å². The molecule has 0 spiro atoms. The smallest absolute Gasteiger partial charge is 0.416 e. The number of aromatic nitrogens is 5. The van der Waals surface area contributed by atoms with Crippen molar-refractivity contribution >= 4 is 34.2 Å². The average Bonchev–Trinajstić information content (AvgIpc) is 3.16. The summed E-state index contributed by atoms with van der Waals surface area (Å²) in [6.45, 7) is 3.27. The minimum Gasteiger partial charge on any atom is -0.478 e. The van der Waals surface area contributed by atoms with Crippen molar-refractivity contribution in [2.24, 2.45) is 0 Å². The fraction of sp³-hybridized carbons (Fsp3) is 0.211. The topological polar surface area (TPSA) is 131 Å². The lowest BCUT2D eigenvalue weighted by molar-refractivity contribution is -0.137. The lowest BCUT2D eigenvalue weighted by atomic mass is 10.0. The lowest BCUT2D eigenvalue weighted by Crippen LogP contribution is -2.14. The largest absolute Gasteiger partial charge is 0.478 e. The molecule has 0 unspecified atom stereocenters. The fourth-order valence-corrected chi connectivity index (χ4v) is 3.30. The number of nitrogens with two attached hydrogens (primary N) is 1. The minimum atomic E-state index is -4.54. The molecule has 0 amide bonds. The normalized spacial score (nSPS) is 12.9. The Labute approximate surface area is 172 Å². The first-order valence-corrected chi connectivity index (χ1v) is 9.03. The van der Waals surface area contributed by atoms with Crippen molar-refractivity contribution in [1.82, 2.24) is 24.6 Å². The number of rotatable bonds is 4. The number of anilines is 2. The number of alkyl halides is 3. The van der Waals surface area contributed by atoms with Gasteiger partial charge in [-0.15, -0.1) is 0 Å². The second kappa shape index (κ2) is 7.07. The summed E-state index contributed by atoms with van der Waals surface area (Å²) < 4.78 is 40.8. The summed E-state index contributed by atoms with van der Waals surface area (Å²) in [4.78, 5) is 24.3. The highest BCUT2D eigenvalue weighted by molar-refractivity contribution is 6.01. The molecule has 0 bridgehead atoms. The van der Waals surface area contributed by atoms with Gasteiger partial charge in [-0.1, -0.05) is 0 Å². The summed E-state index contributed by atoms with van der Waals surface area (Å²) in [6.07, 6.45) is -3.34. The van der Waals surface area contributed by atoms with E-state index in [-0.39, 0.29) is 28.3 Å². The van der Waals surface area contributed by atoms with Crippen LogP contribution >= 0.6 is 0 Å². The number of carbonyl (C=O) groups is 1. The van der Waals surface area contributed by atoms with Gasteiger partial charge in [-0.25, -0.2) is 19.7 Å². The molecule has 4 aromatic rings. The Bertz CT molecular complexity index is 1330. The zero-order chi connectivity index (χ0) is 22.5. The standard InChI is InChI=1S/C19H16F3N7O2/c1-8(10-3-11(19(20,21)22)5-12(23)4-10)26-15-13-6-14(18(30)31)16-24-7-25-29(16)17(13)28-9(2)27-15/h3-8H,23H2,1-2H3,(H,30,31)(H,26,27,28)/t8-/m1/s1. The molecule has 3 aromatic heterocycles. The van der Waals surface area contributed by atoms with E-state index in [9.17, 15) is 23.1 Å². The maximum atomic E-state index is 13.2. The zero-order valence-electron chi connectivity index (χ0n) is 16.3. The summed E-state index contributed by atoms with van der Waals surface area (Å²) in [7, 11) is 0. The summed E-state index contributed by atoms with van der Waals surface area (Å²) >= 11 is 0. The van der Waals surface area contributed by atoms with Crippen LogP contribution in [0, 0.1) is 6.92 Å². The quantitative estimate of drug-likeness (QED) is 0.419. The van der Waals surface area contributed by atoms with Gasteiger partial charge in [0.05, 0.1) is 17.0 Å². The number of halogens is 3. The number of hydrogen-bond donors (Lipinski definition) is 3. The molecule has 160 valence electrons. The van der Waals surface area contributed by atoms with Gasteiger partial charge in [0.1, 0.15) is 23.5 Å². The number of carboxylic acids is 1. The lowest BCUT2D eigenvalue weighted by Gasteiger charge is -2.19. The molecule has 31 heavy (non-hydrogen) atoms. The van der Waals surface area contributed by atoms with Crippen molar-refractivity contribution in [3.05, 3.63) is 53.1 Å². The summed E-state index contributed by atoms with van der Waals surface area (Å²) in [5.74, 6) is -0.623. The van der Waals surface area contributed by atoms with Crippen molar-refractivity contribution < 1.29 is 23.1 Å². The van der Waals surface area contributed by atoms with Gasteiger partial charge in [0.2, 0.25) is 0 Å². The minimum absolute atomic E-state index is 0.0281. The second-order valence-corrected chi connectivity index (χ2v) is 6.97. The number of nitrogens with one attached hydrogen (secondary N) is 1. The number of aryl methyl sites for hydroxylation is 1. The Morgan fingerprint density at radius 3 is 2.61 bits per heavy atom. The first-order valence-electron chi connectivity index (χ1n) is 9.03. The molecule has 9 nitrogen and oxygen atoms in total. The van der Waals surface area contributed by atoms with E-state index in [1.54, 1.807) is 13.8 Å². The molecular formula is C19H16F3N7O2. The van der Waals surface area contributed by atoms with E-state index in [1.807, 2.05) is 0 Å². The highest BCUT2D eigenvalue weighted by atomic mass is 19.4. The highest BCUT2D eigenvalue weighted by Gasteiger charge is 2.31. The van der Waals surface area contributed by atoms with Gasteiger partial charge in [-0.2, -0.15) is 22.8 Å².